The third-order valence-electron chi connectivity index (χ3n) is 3.98. The van der Waals surface area contributed by atoms with E-state index in [0.717, 1.165) is 30.2 Å². The zero-order valence-electron chi connectivity index (χ0n) is 11.9. The van der Waals surface area contributed by atoms with Crippen LogP contribution in [-0.4, -0.2) is 42.1 Å². The van der Waals surface area contributed by atoms with Crippen molar-refractivity contribution in [2.75, 3.05) is 20.2 Å². The minimum absolute atomic E-state index is 0.00267. The Hall–Kier alpha value is -1.65. The smallest absolute Gasteiger partial charge is 0.256 e. The van der Waals surface area contributed by atoms with Gasteiger partial charge in [0.15, 0.2) is 0 Å². The van der Waals surface area contributed by atoms with Gasteiger partial charge in [0.05, 0.1) is 11.7 Å². The highest BCUT2D eigenvalue weighted by atomic mass is 35.5. The Balaban J connectivity index is 1.96. The topological polar surface area (TPSA) is 42.4 Å². The molecule has 3 rings (SSSR count). The average molecular weight is 305 g/mol. The maximum atomic E-state index is 12.8. The standard InChI is InChI=1S/C16H17ClN2O2/c1-21-11-5-4-8-19(10-11)16(20)14-9-18-15(17)13-7-3-2-6-12(13)14/h2-3,6-7,9,11H,4-5,8,10H2,1H3. The van der Waals surface area contributed by atoms with Gasteiger partial charge in [0, 0.05) is 31.8 Å². The summed E-state index contributed by atoms with van der Waals surface area (Å²) in [5.41, 5.74) is 0.603. The van der Waals surface area contributed by atoms with Crippen molar-refractivity contribution in [3.63, 3.8) is 0 Å². The van der Waals surface area contributed by atoms with Crippen LogP contribution in [0.2, 0.25) is 5.15 Å². The van der Waals surface area contributed by atoms with Gasteiger partial charge in [-0.15, -0.1) is 0 Å². The van der Waals surface area contributed by atoms with E-state index in [1.807, 2.05) is 29.2 Å². The first-order chi connectivity index (χ1) is 10.2. The van der Waals surface area contributed by atoms with Crippen LogP contribution in [-0.2, 0) is 4.74 Å². The lowest BCUT2D eigenvalue weighted by atomic mass is 10.0. The summed E-state index contributed by atoms with van der Waals surface area (Å²) < 4.78 is 5.38. The minimum Gasteiger partial charge on any atom is -0.380 e. The van der Waals surface area contributed by atoms with Gasteiger partial charge in [0.25, 0.3) is 5.91 Å². The van der Waals surface area contributed by atoms with Gasteiger partial charge in [-0.2, -0.15) is 0 Å². The fourth-order valence-electron chi connectivity index (χ4n) is 2.81. The second-order valence-electron chi connectivity index (χ2n) is 5.26. The van der Waals surface area contributed by atoms with Gasteiger partial charge in [-0.05, 0) is 18.2 Å². The number of pyridine rings is 1. The number of ether oxygens (including phenoxy) is 1. The maximum absolute atomic E-state index is 12.8. The molecule has 1 aliphatic rings. The number of aromatic nitrogens is 1. The molecule has 0 aliphatic carbocycles. The molecular weight excluding hydrogens is 288 g/mol. The lowest BCUT2D eigenvalue weighted by Gasteiger charge is -2.32. The molecule has 5 heteroatoms. The van der Waals surface area contributed by atoms with Crippen molar-refractivity contribution >= 4 is 28.3 Å². The molecule has 2 aromatic rings. The Morgan fingerprint density at radius 1 is 1.38 bits per heavy atom. The van der Waals surface area contributed by atoms with E-state index in [9.17, 15) is 4.79 Å². The van der Waals surface area contributed by atoms with Crippen molar-refractivity contribution in [3.05, 3.63) is 41.2 Å². The Labute approximate surface area is 128 Å². The number of benzene rings is 1. The summed E-state index contributed by atoms with van der Waals surface area (Å²) >= 11 is 6.11. The number of rotatable bonds is 2. The summed E-state index contributed by atoms with van der Waals surface area (Å²) in [6.45, 7) is 1.39. The molecule has 1 atom stereocenters. The molecule has 1 fully saturated rings. The van der Waals surface area contributed by atoms with Crippen LogP contribution >= 0.6 is 11.6 Å². The number of nitrogens with zero attached hydrogens (tertiary/aromatic N) is 2. The Morgan fingerprint density at radius 2 is 2.14 bits per heavy atom. The third kappa shape index (κ3) is 2.74. The monoisotopic (exact) mass is 304 g/mol. The summed E-state index contributed by atoms with van der Waals surface area (Å²) in [5, 5.41) is 2.09. The molecule has 1 unspecified atom stereocenters. The van der Waals surface area contributed by atoms with E-state index in [0.29, 0.717) is 17.3 Å². The number of carbonyl (C=O) groups excluding carboxylic acids is 1. The largest absolute Gasteiger partial charge is 0.380 e. The van der Waals surface area contributed by atoms with E-state index >= 15 is 0 Å². The minimum atomic E-state index is -0.00267. The third-order valence-corrected chi connectivity index (χ3v) is 4.28. The highest BCUT2D eigenvalue weighted by molar-refractivity contribution is 6.34. The molecule has 2 heterocycles. The van der Waals surface area contributed by atoms with Gasteiger partial charge in [-0.25, -0.2) is 4.98 Å². The highest BCUT2D eigenvalue weighted by Crippen LogP contribution is 2.26. The SMILES string of the molecule is COC1CCCN(C(=O)c2cnc(Cl)c3ccccc23)C1. The molecule has 0 saturated carbocycles. The fraction of sp³-hybridized carbons (Fsp3) is 0.375. The molecule has 1 aromatic carbocycles. The second-order valence-corrected chi connectivity index (χ2v) is 5.62. The number of halogens is 1. The Bertz CT molecular complexity index is 674. The van der Waals surface area contributed by atoms with Crippen molar-refractivity contribution in [1.82, 2.24) is 9.88 Å². The number of carbonyl (C=O) groups is 1. The zero-order chi connectivity index (χ0) is 14.8. The lowest BCUT2D eigenvalue weighted by Crippen LogP contribution is -2.43. The van der Waals surface area contributed by atoms with E-state index in [1.165, 1.54) is 0 Å². The maximum Gasteiger partial charge on any atom is 0.256 e. The van der Waals surface area contributed by atoms with E-state index < -0.39 is 0 Å². The molecular formula is C16H17ClN2O2. The van der Waals surface area contributed by atoms with Crippen molar-refractivity contribution < 1.29 is 9.53 Å². The molecule has 1 amide bonds. The molecule has 1 aliphatic heterocycles. The first-order valence-corrected chi connectivity index (χ1v) is 7.44. The van der Waals surface area contributed by atoms with E-state index in [1.54, 1.807) is 13.3 Å². The number of hydrogen-bond donors (Lipinski definition) is 0. The summed E-state index contributed by atoms with van der Waals surface area (Å²) in [5.74, 6) is -0.00267. The fourth-order valence-corrected chi connectivity index (χ4v) is 3.03. The molecule has 4 nitrogen and oxygen atoms in total. The van der Waals surface area contributed by atoms with Crippen molar-refractivity contribution in [3.8, 4) is 0 Å². The Morgan fingerprint density at radius 3 is 2.90 bits per heavy atom. The number of fused-ring (bicyclic) bond motifs is 1. The van der Waals surface area contributed by atoms with Gasteiger partial charge < -0.3 is 9.64 Å². The van der Waals surface area contributed by atoms with Gasteiger partial charge >= 0.3 is 0 Å². The number of amides is 1. The predicted octanol–water partition coefficient (Wildman–Crippen LogP) is 3.14. The molecule has 0 N–H and O–H groups in total. The number of methoxy groups -OCH3 is 1. The van der Waals surface area contributed by atoms with Crippen LogP contribution in [0.5, 0.6) is 0 Å². The molecule has 1 saturated heterocycles. The van der Waals surface area contributed by atoms with E-state index in [-0.39, 0.29) is 12.0 Å². The number of likely N-dealkylation sites (tertiary alicyclic amines) is 1. The quantitative estimate of drug-likeness (QED) is 0.801. The van der Waals surface area contributed by atoms with Crippen LogP contribution in [0.1, 0.15) is 23.2 Å². The number of piperidine rings is 1. The van der Waals surface area contributed by atoms with Crippen LogP contribution in [0.4, 0.5) is 0 Å². The van der Waals surface area contributed by atoms with Crippen molar-refractivity contribution in [1.29, 1.82) is 0 Å². The summed E-state index contributed by atoms with van der Waals surface area (Å²) in [7, 11) is 1.69. The Kier molecular flexibility index (Phi) is 4.08. The van der Waals surface area contributed by atoms with Crippen molar-refractivity contribution in [2.45, 2.75) is 18.9 Å². The molecule has 0 spiro atoms. The van der Waals surface area contributed by atoms with Crippen LogP contribution in [0, 0.1) is 0 Å². The predicted molar refractivity (Wildman–Crippen MR) is 82.7 cm³/mol. The first-order valence-electron chi connectivity index (χ1n) is 7.06. The van der Waals surface area contributed by atoms with Crippen LogP contribution in [0.15, 0.2) is 30.5 Å². The molecule has 0 radical (unpaired) electrons. The number of hydrogen-bond acceptors (Lipinski definition) is 3. The zero-order valence-corrected chi connectivity index (χ0v) is 12.6. The van der Waals surface area contributed by atoms with Gasteiger partial charge in [0.2, 0.25) is 0 Å². The summed E-state index contributed by atoms with van der Waals surface area (Å²) in [4.78, 5) is 18.8. The van der Waals surface area contributed by atoms with Crippen LogP contribution in [0.25, 0.3) is 10.8 Å². The van der Waals surface area contributed by atoms with Crippen LogP contribution in [0.3, 0.4) is 0 Å². The van der Waals surface area contributed by atoms with Gasteiger partial charge in [-0.3, -0.25) is 4.79 Å². The molecule has 1 aromatic heterocycles. The summed E-state index contributed by atoms with van der Waals surface area (Å²) in [6, 6.07) is 7.60. The van der Waals surface area contributed by atoms with Gasteiger partial charge in [0.1, 0.15) is 5.15 Å². The molecule has 110 valence electrons. The summed E-state index contributed by atoms with van der Waals surface area (Å²) in [6.07, 6.45) is 3.65. The average Bonchev–Trinajstić information content (AvgIpc) is 2.55. The highest BCUT2D eigenvalue weighted by Gasteiger charge is 2.25. The molecule has 21 heavy (non-hydrogen) atoms. The van der Waals surface area contributed by atoms with E-state index in [2.05, 4.69) is 4.98 Å². The van der Waals surface area contributed by atoms with Crippen molar-refractivity contribution in [2.24, 2.45) is 0 Å². The van der Waals surface area contributed by atoms with Crippen LogP contribution < -0.4 is 0 Å². The lowest BCUT2D eigenvalue weighted by molar-refractivity contribution is 0.0270. The first kappa shape index (κ1) is 14.3. The second kappa shape index (κ2) is 6.00. The molecule has 0 bridgehead atoms. The van der Waals surface area contributed by atoms with E-state index in [4.69, 9.17) is 16.3 Å². The van der Waals surface area contributed by atoms with Gasteiger partial charge in [-0.1, -0.05) is 35.9 Å². The normalized spacial score (nSPS) is 19.0.